The van der Waals surface area contributed by atoms with E-state index in [1.807, 2.05) is 60.0 Å². The maximum absolute atomic E-state index is 11.9. The summed E-state index contributed by atoms with van der Waals surface area (Å²) in [4.78, 5) is 11.9. The van der Waals surface area contributed by atoms with Crippen LogP contribution in [0.15, 0.2) is 48.5 Å². The molecule has 0 saturated heterocycles. The number of hydrogen-bond acceptors (Lipinski definition) is 4. The molecule has 0 aliphatic heterocycles. The molecule has 1 heterocycles. The Morgan fingerprint density at radius 1 is 1.15 bits per heavy atom. The molecule has 6 nitrogen and oxygen atoms in total. The summed E-state index contributed by atoms with van der Waals surface area (Å²) in [6.45, 7) is 5.30. The number of ether oxygens (including phenoxy) is 2. The molecule has 144 valence electrons. The first-order valence-electron chi connectivity index (χ1n) is 8.72. The number of carbonyl (C=O) groups excluding carboxylic acids is 1. The predicted molar refractivity (Wildman–Crippen MR) is 99.9 cm³/mol. The van der Waals surface area contributed by atoms with Crippen LogP contribution < -0.4 is 27.4 Å². The Morgan fingerprint density at radius 2 is 1.85 bits per heavy atom. The molecule has 2 N–H and O–H groups in total. The lowest BCUT2D eigenvalue weighted by molar-refractivity contribution is -0.646. The number of halogens is 1. The second-order valence-electron chi connectivity index (χ2n) is 6.00. The van der Waals surface area contributed by atoms with E-state index in [2.05, 4.69) is 0 Å². The number of aryl methyl sites for hydroxylation is 1. The third-order valence-electron chi connectivity index (χ3n) is 4.28. The van der Waals surface area contributed by atoms with Crippen LogP contribution in [0.25, 0.3) is 11.0 Å². The van der Waals surface area contributed by atoms with E-state index in [1.165, 1.54) is 0 Å². The van der Waals surface area contributed by atoms with Gasteiger partial charge in [0.1, 0.15) is 29.9 Å². The molecular weight excluding hydrogens is 366 g/mol. The minimum Gasteiger partial charge on any atom is -1.00 e. The van der Waals surface area contributed by atoms with Crippen molar-refractivity contribution in [3.63, 3.8) is 0 Å². The van der Waals surface area contributed by atoms with E-state index in [-0.39, 0.29) is 24.9 Å². The van der Waals surface area contributed by atoms with E-state index in [9.17, 15) is 4.79 Å². The van der Waals surface area contributed by atoms with E-state index in [0.29, 0.717) is 25.7 Å². The maximum Gasteiger partial charge on any atom is 0.356 e. The van der Waals surface area contributed by atoms with Crippen LogP contribution in [-0.2, 0) is 22.6 Å². The van der Waals surface area contributed by atoms with E-state index in [1.54, 1.807) is 11.5 Å². The Labute approximate surface area is 164 Å². The number of nitrogens with two attached hydrogens (primary N) is 1. The molecule has 27 heavy (non-hydrogen) atoms. The summed E-state index contributed by atoms with van der Waals surface area (Å²) < 4.78 is 14.7. The van der Waals surface area contributed by atoms with Gasteiger partial charge >= 0.3 is 11.9 Å². The van der Waals surface area contributed by atoms with Gasteiger partial charge in [0.2, 0.25) is 0 Å². The fourth-order valence-electron chi connectivity index (χ4n) is 3.02. The summed E-state index contributed by atoms with van der Waals surface area (Å²) in [5, 5.41) is 0. The van der Waals surface area contributed by atoms with Gasteiger partial charge in [-0.2, -0.15) is 0 Å². The first-order valence-corrected chi connectivity index (χ1v) is 8.72. The summed E-state index contributed by atoms with van der Waals surface area (Å²) in [6, 6.07) is 15.7. The number of nitrogens with zero attached hydrogens (tertiary/aromatic N) is 2. The van der Waals surface area contributed by atoms with Crippen molar-refractivity contribution in [1.82, 2.24) is 4.57 Å². The number of aromatic nitrogens is 2. The van der Waals surface area contributed by atoms with Crippen LogP contribution in [0.4, 0.5) is 5.95 Å². The summed E-state index contributed by atoms with van der Waals surface area (Å²) in [5.74, 6) is 1.07. The van der Waals surface area contributed by atoms with Crippen LogP contribution in [0.1, 0.15) is 12.5 Å². The van der Waals surface area contributed by atoms with Gasteiger partial charge in [0.25, 0.3) is 0 Å². The molecule has 2 aromatic carbocycles. The molecule has 0 bridgehead atoms. The van der Waals surface area contributed by atoms with Gasteiger partial charge in [0.05, 0.1) is 6.61 Å². The van der Waals surface area contributed by atoms with Gasteiger partial charge in [0, 0.05) is 0 Å². The van der Waals surface area contributed by atoms with Crippen molar-refractivity contribution in [2.75, 3.05) is 18.9 Å². The second kappa shape index (κ2) is 9.28. The van der Waals surface area contributed by atoms with Gasteiger partial charge in [-0.1, -0.05) is 30.3 Å². The second-order valence-corrected chi connectivity index (χ2v) is 6.00. The van der Waals surface area contributed by atoms with Crippen molar-refractivity contribution in [2.45, 2.75) is 26.9 Å². The van der Waals surface area contributed by atoms with Crippen molar-refractivity contribution in [3.05, 3.63) is 54.1 Å². The van der Waals surface area contributed by atoms with Crippen LogP contribution >= 0.6 is 0 Å². The molecule has 0 saturated carbocycles. The molecule has 0 radical (unpaired) electrons. The highest BCUT2D eigenvalue weighted by atomic mass is 35.5. The maximum atomic E-state index is 11.9. The van der Waals surface area contributed by atoms with Crippen LogP contribution in [0.5, 0.6) is 5.75 Å². The smallest absolute Gasteiger partial charge is 0.356 e. The minimum atomic E-state index is -0.303. The number of hydrogen-bond donors (Lipinski definition) is 1. The Morgan fingerprint density at radius 3 is 2.59 bits per heavy atom. The van der Waals surface area contributed by atoms with E-state index < -0.39 is 0 Å². The zero-order valence-electron chi connectivity index (χ0n) is 15.5. The van der Waals surface area contributed by atoms with Crippen LogP contribution in [0.2, 0.25) is 0 Å². The molecule has 0 amide bonds. The number of nitrogen functional groups attached to an aromatic ring is 1. The van der Waals surface area contributed by atoms with Crippen LogP contribution in [0, 0.1) is 6.92 Å². The van der Waals surface area contributed by atoms with E-state index >= 15 is 0 Å². The van der Waals surface area contributed by atoms with Crippen molar-refractivity contribution in [1.29, 1.82) is 0 Å². The largest absolute Gasteiger partial charge is 1.00 e. The number of imidazole rings is 1. The third kappa shape index (κ3) is 4.52. The average Bonchev–Trinajstić information content (AvgIpc) is 2.89. The van der Waals surface area contributed by atoms with Gasteiger partial charge in [-0.15, -0.1) is 0 Å². The highest BCUT2D eigenvalue weighted by molar-refractivity contribution is 5.75. The number of anilines is 1. The number of para-hydroxylation sites is 3. The number of rotatable bonds is 7. The van der Waals surface area contributed by atoms with Crippen LogP contribution in [-0.4, -0.2) is 23.8 Å². The summed E-state index contributed by atoms with van der Waals surface area (Å²) in [7, 11) is 0. The average molecular weight is 390 g/mol. The van der Waals surface area contributed by atoms with Gasteiger partial charge in [-0.3, -0.25) is 5.73 Å². The lowest BCUT2D eigenvalue weighted by atomic mass is 10.2. The molecule has 3 aromatic rings. The third-order valence-corrected chi connectivity index (χ3v) is 4.28. The Hall–Kier alpha value is -2.73. The summed E-state index contributed by atoms with van der Waals surface area (Å²) in [6.07, 6.45) is 0. The van der Waals surface area contributed by atoms with Gasteiger partial charge in [-0.05, 0) is 37.6 Å². The zero-order chi connectivity index (χ0) is 18.5. The van der Waals surface area contributed by atoms with Crippen LogP contribution in [0.3, 0.4) is 0 Å². The monoisotopic (exact) mass is 389 g/mol. The normalized spacial score (nSPS) is 10.4. The molecule has 0 atom stereocenters. The summed E-state index contributed by atoms with van der Waals surface area (Å²) in [5.41, 5.74) is 9.28. The van der Waals surface area contributed by atoms with Crippen molar-refractivity contribution < 1.29 is 31.2 Å². The van der Waals surface area contributed by atoms with Gasteiger partial charge < -0.3 is 21.9 Å². The molecule has 0 unspecified atom stereocenters. The molecule has 7 heteroatoms. The predicted octanol–water partition coefficient (Wildman–Crippen LogP) is -0.534. The number of carbonyl (C=O) groups is 1. The number of fused-ring (bicyclic) bond motifs is 1. The first kappa shape index (κ1) is 20.6. The Balaban J connectivity index is 0.00000261. The number of esters is 1. The molecule has 3 rings (SSSR count). The lowest BCUT2D eigenvalue weighted by Gasteiger charge is -2.08. The molecular formula is C20H24ClN3O3. The fourth-order valence-corrected chi connectivity index (χ4v) is 3.02. The zero-order valence-corrected chi connectivity index (χ0v) is 16.3. The highest BCUT2D eigenvalue weighted by Crippen LogP contribution is 2.18. The van der Waals surface area contributed by atoms with Crippen molar-refractivity contribution in [3.8, 4) is 5.75 Å². The Bertz CT molecular complexity index is 924. The topological polar surface area (TPSA) is 70.4 Å². The number of benzene rings is 2. The van der Waals surface area contributed by atoms with E-state index in [0.717, 1.165) is 22.3 Å². The van der Waals surface area contributed by atoms with Gasteiger partial charge in [-0.25, -0.2) is 13.9 Å². The fraction of sp³-hybridized carbons (Fsp3) is 0.300. The standard InChI is InChI=1S/C20H23N3O3.ClH/c1-3-25-19(24)14-23-17-10-6-5-9-16(17)22(20(23)21)12-13-26-18-11-7-4-8-15(18)2;/h4-11,21H,3,12-14H2,1-2H3;1H. The SMILES string of the molecule is CCOC(=O)C[n+]1c(N)n(CCOc2ccccc2C)c2ccccc21.[Cl-]. The quantitative estimate of drug-likeness (QED) is 0.435. The highest BCUT2D eigenvalue weighted by Gasteiger charge is 2.23. The minimum absolute atomic E-state index is 0. The Kier molecular flexibility index (Phi) is 7.07. The molecule has 0 aliphatic rings. The molecule has 1 aromatic heterocycles. The summed E-state index contributed by atoms with van der Waals surface area (Å²) >= 11 is 0. The molecule has 0 aliphatic carbocycles. The molecule has 0 spiro atoms. The van der Waals surface area contributed by atoms with Gasteiger partial charge in [0.15, 0.2) is 6.54 Å². The molecule has 0 fully saturated rings. The lowest BCUT2D eigenvalue weighted by Crippen LogP contribution is -3.00. The first-order chi connectivity index (χ1) is 12.6. The van der Waals surface area contributed by atoms with E-state index in [4.69, 9.17) is 15.2 Å². The van der Waals surface area contributed by atoms with Crippen molar-refractivity contribution in [2.24, 2.45) is 0 Å². The van der Waals surface area contributed by atoms with Crippen molar-refractivity contribution >= 4 is 23.0 Å².